The van der Waals surface area contributed by atoms with Crippen molar-refractivity contribution in [1.82, 2.24) is 15.3 Å². The van der Waals surface area contributed by atoms with Crippen molar-refractivity contribution in [2.24, 2.45) is 0 Å². The molecule has 1 heterocycles. The van der Waals surface area contributed by atoms with Crippen LogP contribution in [-0.2, 0) is 0 Å². The predicted molar refractivity (Wildman–Crippen MR) is 81.7 cm³/mol. The molecular weight excluding hydrogens is 266 g/mol. The van der Waals surface area contributed by atoms with Crippen LogP contribution >= 0.6 is 0 Å². The minimum Gasteiger partial charge on any atom is -0.497 e. The van der Waals surface area contributed by atoms with Crippen LogP contribution in [0.25, 0.3) is 0 Å². The maximum Gasteiger partial charge on any atom is 0.237 e. The average molecular weight is 287 g/mol. The maximum atomic E-state index is 5.33. The number of benzene rings is 1. The number of aromatic nitrogens is 2. The first kappa shape index (κ1) is 15.3. The summed E-state index contributed by atoms with van der Waals surface area (Å²) < 4.78 is 10.5. The first-order valence-electron chi connectivity index (χ1n) is 7.02. The van der Waals surface area contributed by atoms with Gasteiger partial charge in [0.05, 0.1) is 20.3 Å². The van der Waals surface area contributed by atoms with Gasteiger partial charge in [-0.3, -0.25) is 4.98 Å². The zero-order chi connectivity index (χ0) is 15.1. The zero-order valence-electron chi connectivity index (χ0n) is 12.7. The van der Waals surface area contributed by atoms with Crippen LogP contribution in [0.15, 0.2) is 36.7 Å². The number of nitrogens with one attached hydrogen (secondary N) is 1. The zero-order valence-corrected chi connectivity index (χ0v) is 12.7. The van der Waals surface area contributed by atoms with Gasteiger partial charge in [-0.2, -0.15) is 0 Å². The van der Waals surface area contributed by atoms with Crippen molar-refractivity contribution < 1.29 is 9.47 Å². The van der Waals surface area contributed by atoms with Gasteiger partial charge in [-0.05, 0) is 30.7 Å². The van der Waals surface area contributed by atoms with E-state index in [1.54, 1.807) is 26.6 Å². The highest BCUT2D eigenvalue weighted by molar-refractivity contribution is 5.36. The molecule has 0 saturated heterocycles. The van der Waals surface area contributed by atoms with Gasteiger partial charge < -0.3 is 14.8 Å². The third-order valence-electron chi connectivity index (χ3n) is 3.21. The van der Waals surface area contributed by atoms with Gasteiger partial charge in [-0.1, -0.05) is 19.1 Å². The molecule has 0 bridgehead atoms. The molecule has 0 radical (unpaired) electrons. The molecule has 2 rings (SSSR count). The predicted octanol–water partition coefficient (Wildman–Crippen LogP) is 2.58. The number of rotatable bonds is 7. The fraction of sp³-hybridized carbons (Fsp3) is 0.375. The summed E-state index contributed by atoms with van der Waals surface area (Å²) in [6.07, 6.45) is 4.35. The quantitative estimate of drug-likeness (QED) is 0.848. The monoisotopic (exact) mass is 287 g/mol. The van der Waals surface area contributed by atoms with Crippen molar-refractivity contribution in [3.63, 3.8) is 0 Å². The van der Waals surface area contributed by atoms with Gasteiger partial charge in [0.2, 0.25) is 5.88 Å². The number of hydrogen-bond donors (Lipinski definition) is 1. The normalized spacial score (nSPS) is 12.0. The minimum atomic E-state index is -0.0560. The molecule has 0 aliphatic carbocycles. The first-order chi connectivity index (χ1) is 10.3. The molecule has 2 aromatic rings. The molecule has 112 valence electrons. The number of nitrogens with zero attached hydrogens (tertiary/aromatic N) is 2. The summed E-state index contributed by atoms with van der Waals surface area (Å²) >= 11 is 0. The molecule has 1 aromatic heterocycles. The molecule has 1 N–H and O–H groups in total. The molecule has 0 aliphatic heterocycles. The Labute approximate surface area is 125 Å². The Hall–Kier alpha value is -2.14. The van der Waals surface area contributed by atoms with Crippen molar-refractivity contribution >= 4 is 0 Å². The molecule has 1 atom stereocenters. The molecule has 0 amide bonds. The molecule has 1 unspecified atom stereocenters. The molecule has 1 aromatic carbocycles. The van der Waals surface area contributed by atoms with Gasteiger partial charge >= 0.3 is 0 Å². The number of hydrogen-bond acceptors (Lipinski definition) is 5. The van der Waals surface area contributed by atoms with E-state index in [4.69, 9.17) is 9.47 Å². The molecule has 0 spiro atoms. The van der Waals surface area contributed by atoms with Gasteiger partial charge in [-0.15, -0.1) is 0 Å². The fourth-order valence-electron chi connectivity index (χ4n) is 2.15. The van der Waals surface area contributed by atoms with Crippen molar-refractivity contribution in [3.8, 4) is 11.6 Å². The lowest BCUT2D eigenvalue weighted by Gasteiger charge is -2.20. The van der Waals surface area contributed by atoms with Crippen LogP contribution in [0.5, 0.6) is 11.6 Å². The van der Waals surface area contributed by atoms with E-state index in [0.29, 0.717) is 5.88 Å². The van der Waals surface area contributed by atoms with Gasteiger partial charge in [0.25, 0.3) is 0 Å². The van der Waals surface area contributed by atoms with E-state index in [2.05, 4.69) is 22.2 Å². The number of methoxy groups -OCH3 is 2. The van der Waals surface area contributed by atoms with Crippen LogP contribution in [0.3, 0.4) is 0 Å². The Balaban J connectivity index is 2.36. The molecular formula is C16H21N3O2. The van der Waals surface area contributed by atoms with Gasteiger partial charge in [0.1, 0.15) is 11.4 Å². The summed E-state index contributed by atoms with van der Waals surface area (Å²) in [5.41, 5.74) is 1.89. The van der Waals surface area contributed by atoms with E-state index in [1.165, 1.54) is 0 Å². The van der Waals surface area contributed by atoms with Crippen LogP contribution in [-0.4, -0.2) is 30.7 Å². The van der Waals surface area contributed by atoms with Crippen LogP contribution in [0, 0.1) is 0 Å². The van der Waals surface area contributed by atoms with E-state index < -0.39 is 0 Å². The summed E-state index contributed by atoms with van der Waals surface area (Å²) in [5.74, 6) is 1.38. The topological polar surface area (TPSA) is 56.3 Å². The lowest BCUT2D eigenvalue weighted by atomic mass is 10.0. The van der Waals surface area contributed by atoms with E-state index >= 15 is 0 Å². The standard InChI is InChI=1S/C16H21N3O2/c1-4-9-17-14(12-5-7-13(20-2)8-6-12)15-16(21-3)19-11-10-18-15/h5-8,10-11,14,17H,4,9H2,1-3H3. The third kappa shape index (κ3) is 3.70. The molecule has 21 heavy (non-hydrogen) atoms. The molecule has 5 heteroatoms. The van der Waals surface area contributed by atoms with Crippen LogP contribution < -0.4 is 14.8 Å². The Morgan fingerprint density at radius 3 is 2.38 bits per heavy atom. The second kappa shape index (κ2) is 7.59. The summed E-state index contributed by atoms with van der Waals surface area (Å²) in [6, 6.07) is 7.89. The second-order valence-corrected chi connectivity index (χ2v) is 4.61. The number of ether oxygens (including phenoxy) is 2. The van der Waals surface area contributed by atoms with Crippen molar-refractivity contribution in [1.29, 1.82) is 0 Å². The SMILES string of the molecule is CCCNC(c1ccc(OC)cc1)c1nccnc1OC. The minimum absolute atomic E-state index is 0.0560. The van der Waals surface area contributed by atoms with Gasteiger partial charge in [-0.25, -0.2) is 4.98 Å². The summed E-state index contributed by atoms with van der Waals surface area (Å²) in [7, 11) is 3.27. The first-order valence-corrected chi connectivity index (χ1v) is 7.02. The molecule has 5 nitrogen and oxygen atoms in total. The second-order valence-electron chi connectivity index (χ2n) is 4.61. The van der Waals surface area contributed by atoms with E-state index in [-0.39, 0.29) is 6.04 Å². The van der Waals surface area contributed by atoms with Gasteiger partial charge in [0, 0.05) is 12.4 Å². The van der Waals surface area contributed by atoms with Crippen molar-refractivity contribution in [3.05, 3.63) is 47.9 Å². The summed E-state index contributed by atoms with van der Waals surface area (Å²) in [6.45, 7) is 3.02. The Bertz CT molecular complexity index is 558. The summed E-state index contributed by atoms with van der Waals surface area (Å²) in [4.78, 5) is 8.68. The summed E-state index contributed by atoms with van der Waals surface area (Å²) in [5, 5.41) is 3.49. The molecule has 0 saturated carbocycles. The van der Waals surface area contributed by atoms with E-state index in [1.807, 2.05) is 24.3 Å². The lowest BCUT2D eigenvalue weighted by molar-refractivity contribution is 0.382. The highest BCUT2D eigenvalue weighted by Gasteiger charge is 2.20. The van der Waals surface area contributed by atoms with Crippen molar-refractivity contribution in [2.45, 2.75) is 19.4 Å². The van der Waals surface area contributed by atoms with E-state index in [9.17, 15) is 0 Å². The van der Waals surface area contributed by atoms with E-state index in [0.717, 1.165) is 30.0 Å². The lowest BCUT2D eigenvalue weighted by Crippen LogP contribution is -2.24. The maximum absolute atomic E-state index is 5.33. The van der Waals surface area contributed by atoms with Gasteiger partial charge in [0.15, 0.2) is 0 Å². The van der Waals surface area contributed by atoms with Crippen molar-refractivity contribution in [2.75, 3.05) is 20.8 Å². The molecule has 0 aliphatic rings. The molecule has 0 fully saturated rings. The Kier molecular flexibility index (Phi) is 5.51. The largest absolute Gasteiger partial charge is 0.497 e. The highest BCUT2D eigenvalue weighted by Crippen LogP contribution is 2.27. The Morgan fingerprint density at radius 2 is 1.76 bits per heavy atom. The van der Waals surface area contributed by atoms with Crippen LogP contribution in [0.2, 0.25) is 0 Å². The smallest absolute Gasteiger partial charge is 0.237 e. The fourth-order valence-corrected chi connectivity index (χ4v) is 2.15. The average Bonchev–Trinajstić information content (AvgIpc) is 2.56. The highest BCUT2D eigenvalue weighted by atomic mass is 16.5. The van der Waals surface area contributed by atoms with Crippen LogP contribution in [0.4, 0.5) is 0 Å². The van der Waals surface area contributed by atoms with Crippen LogP contribution in [0.1, 0.15) is 30.6 Å². The third-order valence-corrected chi connectivity index (χ3v) is 3.21. The Morgan fingerprint density at radius 1 is 1.05 bits per heavy atom.